The molecular weight excluding hydrogens is 319 g/mol. The molecule has 124 valence electrons. The Morgan fingerprint density at radius 1 is 1.04 bits per heavy atom. The van der Waals surface area contributed by atoms with E-state index in [2.05, 4.69) is 20.6 Å². The number of benzene rings is 1. The van der Waals surface area contributed by atoms with Gasteiger partial charge in [-0.2, -0.15) is 18.3 Å². The van der Waals surface area contributed by atoms with Gasteiger partial charge in [0.05, 0.1) is 11.4 Å². The van der Waals surface area contributed by atoms with Crippen LogP contribution in [0.15, 0.2) is 48.7 Å². The lowest BCUT2D eigenvalue weighted by Gasteiger charge is -2.11. The molecule has 0 atom stereocenters. The first kappa shape index (κ1) is 16.0. The molecule has 0 saturated carbocycles. The van der Waals surface area contributed by atoms with Gasteiger partial charge in [-0.05, 0) is 36.8 Å². The van der Waals surface area contributed by atoms with E-state index in [4.69, 9.17) is 0 Å². The van der Waals surface area contributed by atoms with Crippen molar-refractivity contribution in [1.82, 2.24) is 20.0 Å². The third kappa shape index (κ3) is 3.53. The Labute approximate surface area is 136 Å². The molecule has 0 aliphatic heterocycles. The first-order valence-corrected chi connectivity index (χ1v) is 7.19. The van der Waals surface area contributed by atoms with Crippen LogP contribution in [0.2, 0.25) is 0 Å². The van der Waals surface area contributed by atoms with Crippen LogP contribution in [0, 0.1) is 6.92 Å². The molecular formula is C16H14F3N5. The first-order valence-electron chi connectivity index (χ1n) is 7.19. The molecule has 2 heterocycles. The fourth-order valence-electron chi connectivity index (χ4n) is 2.20. The third-order valence-electron chi connectivity index (χ3n) is 3.38. The SMILES string of the molecule is Cc1ccn(-c2ccccc2CNc2ccc(C(F)(F)F)nn2)n1. The minimum Gasteiger partial charge on any atom is -0.364 e. The number of rotatable bonds is 4. The summed E-state index contributed by atoms with van der Waals surface area (Å²) in [6.45, 7) is 2.28. The fourth-order valence-corrected chi connectivity index (χ4v) is 2.20. The molecule has 0 amide bonds. The van der Waals surface area contributed by atoms with Gasteiger partial charge in [0.1, 0.15) is 5.82 Å². The van der Waals surface area contributed by atoms with E-state index in [1.807, 2.05) is 43.5 Å². The highest BCUT2D eigenvalue weighted by Gasteiger charge is 2.32. The summed E-state index contributed by atoms with van der Waals surface area (Å²) < 4.78 is 39.2. The van der Waals surface area contributed by atoms with Gasteiger partial charge in [0, 0.05) is 12.7 Å². The van der Waals surface area contributed by atoms with Gasteiger partial charge in [-0.15, -0.1) is 10.2 Å². The van der Waals surface area contributed by atoms with Crippen LogP contribution in [0.25, 0.3) is 5.69 Å². The number of para-hydroxylation sites is 1. The smallest absolute Gasteiger partial charge is 0.364 e. The summed E-state index contributed by atoms with van der Waals surface area (Å²) in [4.78, 5) is 0. The highest BCUT2D eigenvalue weighted by atomic mass is 19.4. The monoisotopic (exact) mass is 333 g/mol. The summed E-state index contributed by atoms with van der Waals surface area (Å²) in [6, 6.07) is 11.7. The maximum atomic E-state index is 12.5. The minimum atomic E-state index is -4.49. The zero-order valence-corrected chi connectivity index (χ0v) is 12.7. The molecule has 8 heteroatoms. The molecule has 0 spiro atoms. The van der Waals surface area contributed by atoms with Crippen LogP contribution in [0.1, 0.15) is 17.0 Å². The molecule has 0 fully saturated rings. The van der Waals surface area contributed by atoms with Crippen molar-refractivity contribution in [2.75, 3.05) is 5.32 Å². The lowest BCUT2D eigenvalue weighted by atomic mass is 10.2. The summed E-state index contributed by atoms with van der Waals surface area (Å²) in [7, 11) is 0. The molecule has 0 unspecified atom stereocenters. The number of aromatic nitrogens is 4. The number of alkyl halides is 3. The first-order chi connectivity index (χ1) is 11.4. The Hall–Kier alpha value is -2.90. The van der Waals surface area contributed by atoms with Crippen molar-refractivity contribution in [3.8, 4) is 5.69 Å². The molecule has 3 aromatic rings. The molecule has 0 aliphatic carbocycles. The van der Waals surface area contributed by atoms with Gasteiger partial charge < -0.3 is 5.32 Å². The number of aryl methyl sites for hydroxylation is 1. The fraction of sp³-hybridized carbons (Fsp3) is 0.188. The van der Waals surface area contributed by atoms with E-state index in [-0.39, 0.29) is 5.82 Å². The molecule has 0 saturated heterocycles. The number of halogens is 3. The molecule has 0 radical (unpaired) electrons. The molecule has 1 N–H and O–H groups in total. The lowest BCUT2D eigenvalue weighted by Crippen LogP contribution is -2.11. The Kier molecular flexibility index (Phi) is 4.20. The highest BCUT2D eigenvalue weighted by molar-refractivity contribution is 5.43. The van der Waals surface area contributed by atoms with Crippen LogP contribution in [-0.4, -0.2) is 20.0 Å². The average Bonchev–Trinajstić information content (AvgIpc) is 2.99. The van der Waals surface area contributed by atoms with Crippen molar-refractivity contribution in [3.05, 3.63) is 65.6 Å². The number of nitrogens with one attached hydrogen (secondary N) is 1. The second-order valence-corrected chi connectivity index (χ2v) is 5.19. The second-order valence-electron chi connectivity index (χ2n) is 5.19. The third-order valence-corrected chi connectivity index (χ3v) is 3.38. The molecule has 1 aromatic carbocycles. The van der Waals surface area contributed by atoms with Gasteiger partial charge in [-0.3, -0.25) is 0 Å². The zero-order chi connectivity index (χ0) is 17.2. The maximum absolute atomic E-state index is 12.5. The van der Waals surface area contributed by atoms with E-state index in [0.717, 1.165) is 23.0 Å². The van der Waals surface area contributed by atoms with E-state index >= 15 is 0 Å². The van der Waals surface area contributed by atoms with Crippen LogP contribution in [0.4, 0.5) is 19.0 Å². The van der Waals surface area contributed by atoms with Crippen molar-refractivity contribution in [1.29, 1.82) is 0 Å². The zero-order valence-electron chi connectivity index (χ0n) is 12.7. The Balaban J connectivity index is 1.76. The van der Waals surface area contributed by atoms with Crippen molar-refractivity contribution in [3.63, 3.8) is 0 Å². The van der Waals surface area contributed by atoms with Crippen LogP contribution >= 0.6 is 0 Å². The standard InChI is InChI=1S/C16H14F3N5/c1-11-8-9-24(23-11)13-5-3-2-4-12(13)10-20-15-7-6-14(21-22-15)16(17,18)19/h2-9H,10H2,1H3,(H,20,22). The quantitative estimate of drug-likeness (QED) is 0.792. The average molecular weight is 333 g/mol. The van der Waals surface area contributed by atoms with E-state index in [1.54, 1.807) is 4.68 Å². The van der Waals surface area contributed by atoms with E-state index in [1.165, 1.54) is 6.07 Å². The van der Waals surface area contributed by atoms with Crippen LogP contribution in [0.3, 0.4) is 0 Å². The lowest BCUT2D eigenvalue weighted by molar-refractivity contribution is -0.141. The van der Waals surface area contributed by atoms with Gasteiger partial charge in [0.15, 0.2) is 5.69 Å². The molecule has 0 bridgehead atoms. The van der Waals surface area contributed by atoms with Crippen LogP contribution in [0.5, 0.6) is 0 Å². The normalized spacial score (nSPS) is 11.5. The van der Waals surface area contributed by atoms with E-state index < -0.39 is 11.9 Å². The van der Waals surface area contributed by atoms with E-state index in [9.17, 15) is 13.2 Å². The largest absolute Gasteiger partial charge is 0.435 e. The number of hydrogen-bond acceptors (Lipinski definition) is 4. The summed E-state index contributed by atoms with van der Waals surface area (Å²) in [5.41, 5.74) is 1.70. The Bertz CT molecular complexity index is 824. The van der Waals surface area contributed by atoms with Crippen molar-refractivity contribution >= 4 is 5.82 Å². The Morgan fingerprint density at radius 3 is 2.46 bits per heavy atom. The summed E-state index contributed by atoms with van der Waals surface area (Å²) >= 11 is 0. The number of hydrogen-bond donors (Lipinski definition) is 1. The van der Waals surface area contributed by atoms with Crippen molar-refractivity contribution in [2.24, 2.45) is 0 Å². The highest BCUT2D eigenvalue weighted by Crippen LogP contribution is 2.27. The predicted molar refractivity (Wildman–Crippen MR) is 82.7 cm³/mol. The van der Waals surface area contributed by atoms with Gasteiger partial charge in [-0.1, -0.05) is 18.2 Å². The summed E-state index contributed by atoms with van der Waals surface area (Å²) in [6.07, 6.45) is -2.64. The van der Waals surface area contributed by atoms with Crippen molar-refractivity contribution in [2.45, 2.75) is 19.6 Å². The van der Waals surface area contributed by atoms with Crippen LogP contribution < -0.4 is 5.32 Å². The second kappa shape index (κ2) is 6.31. The summed E-state index contributed by atoms with van der Waals surface area (Å²) in [5.74, 6) is 0.273. The predicted octanol–water partition coefficient (Wildman–Crippen LogP) is 3.60. The van der Waals surface area contributed by atoms with Gasteiger partial charge in [0.2, 0.25) is 0 Å². The van der Waals surface area contributed by atoms with Gasteiger partial charge in [0.25, 0.3) is 0 Å². The Morgan fingerprint density at radius 2 is 1.83 bits per heavy atom. The molecule has 2 aromatic heterocycles. The maximum Gasteiger partial charge on any atom is 0.435 e. The van der Waals surface area contributed by atoms with Crippen molar-refractivity contribution < 1.29 is 13.2 Å². The molecule has 3 rings (SSSR count). The van der Waals surface area contributed by atoms with Gasteiger partial charge >= 0.3 is 6.18 Å². The molecule has 24 heavy (non-hydrogen) atoms. The molecule has 0 aliphatic rings. The van der Waals surface area contributed by atoms with E-state index in [0.29, 0.717) is 6.54 Å². The van der Waals surface area contributed by atoms with Crippen LogP contribution in [-0.2, 0) is 12.7 Å². The molecule has 5 nitrogen and oxygen atoms in total. The topological polar surface area (TPSA) is 55.6 Å². The van der Waals surface area contributed by atoms with Gasteiger partial charge in [-0.25, -0.2) is 4.68 Å². The minimum absolute atomic E-state index is 0.273. The number of anilines is 1. The number of nitrogens with zero attached hydrogens (tertiary/aromatic N) is 4. The summed E-state index contributed by atoms with van der Waals surface area (Å²) in [5, 5.41) is 14.1.